The van der Waals surface area contributed by atoms with Gasteiger partial charge in [-0.05, 0) is 36.4 Å². The summed E-state index contributed by atoms with van der Waals surface area (Å²) in [4.78, 5) is 15.8. The molecule has 7 heteroatoms. The zero-order valence-corrected chi connectivity index (χ0v) is 13.4. The number of methoxy groups -OCH3 is 1. The highest BCUT2D eigenvalue weighted by Gasteiger charge is 2.11. The number of thiazole rings is 1. The average molecular weight is 346 g/mol. The molecule has 0 saturated carbocycles. The van der Waals surface area contributed by atoms with Gasteiger partial charge in [0.05, 0.1) is 18.4 Å². The molecule has 1 aromatic heterocycles. The van der Waals surface area contributed by atoms with E-state index in [-0.39, 0.29) is 5.56 Å². The van der Waals surface area contributed by atoms with Crippen molar-refractivity contribution in [1.82, 2.24) is 4.98 Å². The molecule has 0 unspecified atom stereocenters. The van der Waals surface area contributed by atoms with Gasteiger partial charge in [0.2, 0.25) is 0 Å². The van der Waals surface area contributed by atoms with Crippen LogP contribution in [0.3, 0.4) is 0 Å². The minimum absolute atomic E-state index is 0.0996. The number of carbonyl (C=O) groups is 1. The number of hydrogen-bond donors (Lipinski definition) is 1. The van der Waals surface area contributed by atoms with Crippen molar-refractivity contribution >= 4 is 28.1 Å². The van der Waals surface area contributed by atoms with Gasteiger partial charge in [-0.25, -0.2) is 18.6 Å². The van der Waals surface area contributed by atoms with Crippen molar-refractivity contribution in [3.05, 3.63) is 65.0 Å². The molecule has 0 saturated heterocycles. The Labute approximate surface area is 140 Å². The largest absolute Gasteiger partial charge is 0.465 e. The minimum Gasteiger partial charge on any atom is -0.465 e. The van der Waals surface area contributed by atoms with E-state index < -0.39 is 17.6 Å². The number of benzene rings is 2. The Morgan fingerprint density at radius 2 is 2.04 bits per heavy atom. The summed E-state index contributed by atoms with van der Waals surface area (Å²) in [6.07, 6.45) is 0. The van der Waals surface area contributed by atoms with Gasteiger partial charge in [-0.3, -0.25) is 0 Å². The topological polar surface area (TPSA) is 51.2 Å². The summed E-state index contributed by atoms with van der Waals surface area (Å²) in [5.41, 5.74) is 1.47. The van der Waals surface area contributed by atoms with Crippen LogP contribution in [0.15, 0.2) is 47.8 Å². The summed E-state index contributed by atoms with van der Waals surface area (Å²) in [5, 5.41) is 5.16. The maximum absolute atomic E-state index is 13.8. The molecule has 0 amide bonds. The molecule has 24 heavy (non-hydrogen) atoms. The molecule has 1 heterocycles. The minimum atomic E-state index is -0.541. The quantitative estimate of drug-likeness (QED) is 0.701. The normalized spacial score (nSPS) is 10.5. The second-order valence-corrected chi connectivity index (χ2v) is 5.72. The maximum atomic E-state index is 13.8. The van der Waals surface area contributed by atoms with E-state index in [0.29, 0.717) is 22.1 Å². The summed E-state index contributed by atoms with van der Waals surface area (Å²) in [5.74, 6) is -1.51. The summed E-state index contributed by atoms with van der Waals surface area (Å²) >= 11 is 1.25. The van der Waals surface area contributed by atoms with Crippen LogP contribution < -0.4 is 5.32 Å². The number of rotatable bonds is 4. The van der Waals surface area contributed by atoms with Crippen LogP contribution in [-0.4, -0.2) is 18.1 Å². The van der Waals surface area contributed by atoms with E-state index in [1.54, 1.807) is 29.6 Å². The molecule has 3 aromatic rings. The molecule has 4 nitrogen and oxygen atoms in total. The van der Waals surface area contributed by atoms with Crippen molar-refractivity contribution in [1.29, 1.82) is 0 Å². The lowest BCUT2D eigenvalue weighted by Crippen LogP contribution is -2.01. The van der Waals surface area contributed by atoms with Crippen LogP contribution >= 0.6 is 11.3 Å². The molecular formula is C17H12F2N2O2S. The van der Waals surface area contributed by atoms with Gasteiger partial charge < -0.3 is 10.1 Å². The number of anilines is 2. The number of halogens is 2. The van der Waals surface area contributed by atoms with Crippen LogP contribution in [0.1, 0.15) is 10.4 Å². The molecule has 3 rings (SSSR count). The van der Waals surface area contributed by atoms with Crippen molar-refractivity contribution < 1.29 is 18.3 Å². The highest BCUT2D eigenvalue weighted by atomic mass is 32.1. The first-order valence-corrected chi connectivity index (χ1v) is 7.81. The Kier molecular flexibility index (Phi) is 4.52. The highest BCUT2D eigenvalue weighted by Crippen LogP contribution is 2.29. The second kappa shape index (κ2) is 6.76. The third-order valence-corrected chi connectivity index (χ3v) is 4.00. The molecule has 0 atom stereocenters. The van der Waals surface area contributed by atoms with Crippen LogP contribution in [0.25, 0.3) is 11.3 Å². The lowest BCUT2D eigenvalue weighted by Gasteiger charge is -2.05. The van der Waals surface area contributed by atoms with Crippen molar-refractivity contribution in [2.45, 2.75) is 0 Å². The zero-order valence-electron chi connectivity index (χ0n) is 12.5. The fourth-order valence-electron chi connectivity index (χ4n) is 2.11. The molecule has 0 aliphatic carbocycles. The molecule has 0 aliphatic rings. The molecule has 2 aromatic carbocycles. The van der Waals surface area contributed by atoms with Crippen LogP contribution in [0, 0.1) is 11.6 Å². The molecule has 0 fully saturated rings. The van der Waals surface area contributed by atoms with E-state index in [4.69, 9.17) is 0 Å². The SMILES string of the molecule is COC(=O)c1cccc(Nc2nc(-c3cc(F)ccc3F)cs2)c1. The highest BCUT2D eigenvalue weighted by molar-refractivity contribution is 7.14. The number of aromatic nitrogens is 1. The summed E-state index contributed by atoms with van der Waals surface area (Å²) in [6, 6.07) is 9.94. The summed E-state index contributed by atoms with van der Waals surface area (Å²) in [6.45, 7) is 0. The molecular weight excluding hydrogens is 334 g/mol. The summed E-state index contributed by atoms with van der Waals surface area (Å²) in [7, 11) is 1.31. The smallest absolute Gasteiger partial charge is 0.337 e. The summed E-state index contributed by atoms with van der Waals surface area (Å²) < 4.78 is 31.8. The van der Waals surface area contributed by atoms with E-state index in [0.717, 1.165) is 18.2 Å². The van der Waals surface area contributed by atoms with Gasteiger partial charge in [0.15, 0.2) is 5.13 Å². The van der Waals surface area contributed by atoms with E-state index in [2.05, 4.69) is 15.0 Å². The van der Waals surface area contributed by atoms with Gasteiger partial charge in [-0.15, -0.1) is 11.3 Å². The Hall–Kier alpha value is -2.80. The van der Waals surface area contributed by atoms with Crippen molar-refractivity contribution in [2.75, 3.05) is 12.4 Å². The lowest BCUT2D eigenvalue weighted by molar-refractivity contribution is 0.0601. The second-order valence-electron chi connectivity index (χ2n) is 4.86. The van der Waals surface area contributed by atoms with Crippen LogP contribution in [0.5, 0.6) is 0 Å². The Balaban J connectivity index is 1.84. The first-order chi connectivity index (χ1) is 11.6. The van der Waals surface area contributed by atoms with E-state index in [1.165, 1.54) is 18.4 Å². The fourth-order valence-corrected chi connectivity index (χ4v) is 2.84. The monoisotopic (exact) mass is 346 g/mol. The van der Waals surface area contributed by atoms with Crippen molar-refractivity contribution in [3.63, 3.8) is 0 Å². The van der Waals surface area contributed by atoms with Gasteiger partial charge in [0.1, 0.15) is 11.6 Å². The predicted molar refractivity (Wildman–Crippen MR) is 88.5 cm³/mol. The van der Waals surface area contributed by atoms with E-state index >= 15 is 0 Å². The van der Waals surface area contributed by atoms with Crippen LogP contribution in [0.4, 0.5) is 19.6 Å². The zero-order chi connectivity index (χ0) is 17.1. The van der Waals surface area contributed by atoms with Crippen molar-refractivity contribution in [2.24, 2.45) is 0 Å². The van der Waals surface area contributed by atoms with Gasteiger partial charge in [-0.2, -0.15) is 0 Å². The van der Waals surface area contributed by atoms with E-state index in [1.807, 2.05) is 0 Å². The third-order valence-electron chi connectivity index (χ3n) is 3.24. The first-order valence-electron chi connectivity index (χ1n) is 6.93. The molecule has 1 N–H and O–H groups in total. The van der Waals surface area contributed by atoms with Crippen molar-refractivity contribution in [3.8, 4) is 11.3 Å². The first kappa shape index (κ1) is 16.1. The van der Waals surface area contributed by atoms with Gasteiger partial charge in [0, 0.05) is 16.6 Å². The number of nitrogens with zero attached hydrogens (tertiary/aromatic N) is 1. The van der Waals surface area contributed by atoms with Crippen LogP contribution in [0.2, 0.25) is 0 Å². The Morgan fingerprint density at radius 1 is 1.21 bits per heavy atom. The molecule has 0 aliphatic heterocycles. The fraction of sp³-hybridized carbons (Fsp3) is 0.0588. The number of carbonyl (C=O) groups excluding carboxylic acids is 1. The van der Waals surface area contributed by atoms with Crippen LogP contribution in [-0.2, 0) is 4.74 Å². The predicted octanol–water partition coefficient (Wildman–Crippen LogP) is 4.62. The Bertz CT molecular complexity index is 896. The Morgan fingerprint density at radius 3 is 2.83 bits per heavy atom. The number of hydrogen-bond acceptors (Lipinski definition) is 5. The molecule has 0 radical (unpaired) electrons. The van der Waals surface area contributed by atoms with Gasteiger partial charge in [-0.1, -0.05) is 6.07 Å². The number of nitrogens with one attached hydrogen (secondary N) is 1. The standard InChI is InChI=1S/C17H12F2N2O2S/c1-23-16(22)10-3-2-4-12(7-10)20-17-21-15(9-24-17)13-8-11(18)5-6-14(13)19/h2-9H,1H3,(H,20,21). The van der Waals surface area contributed by atoms with E-state index in [9.17, 15) is 13.6 Å². The number of ether oxygens (including phenoxy) is 1. The van der Waals surface area contributed by atoms with Gasteiger partial charge in [0.25, 0.3) is 0 Å². The molecule has 0 bridgehead atoms. The maximum Gasteiger partial charge on any atom is 0.337 e. The molecule has 122 valence electrons. The number of esters is 1. The lowest BCUT2D eigenvalue weighted by atomic mass is 10.1. The van der Waals surface area contributed by atoms with Gasteiger partial charge >= 0.3 is 5.97 Å². The third kappa shape index (κ3) is 3.41. The average Bonchev–Trinajstić information content (AvgIpc) is 3.04. The molecule has 0 spiro atoms.